The number of hydrogen-bond acceptors (Lipinski definition) is 4. The summed E-state index contributed by atoms with van der Waals surface area (Å²) in [4.78, 5) is 0. The van der Waals surface area contributed by atoms with Crippen molar-refractivity contribution >= 4 is 58.3 Å². The van der Waals surface area contributed by atoms with Crippen LogP contribution < -0.4 is 10.6 Å². The van der Waals surface area contributed by atoms with E-state index >= 15 is 0 Å². The first kappa shape index (κ1) is 26.7. The predicted octanol–water partition coefficient (Wildman–Crippen LogP) is 3.97. The zero-order valence-corrected chi connectivity index (χ0v) is 19.6. The van der Waals surface area contributed by atoms with Gasteiger partial charge < -0.3 is 60.3 Å². The summed E-state index contributed by atoms with van der Waals surface area (Å²) < 4.78 is 0.994. The van der Waals surface area contributed by atoms with Crippen molar-refractivity contribution in [2.45, 2.75) is 65.2 Å². The van der Waals surface area contributed by atoms with E-state index in [-0.39, 0.29) is 19.5 Å². The van der Waals surface area contributed by atoms with Gasteiger partial charge in [-0.3, -0.25) is 0 Å². The number of nitrogens with one attached hydrogen (secondary N) is 2. The fraction of sp³-hybridized carbons (Fsp3) is 0.857. The van der Waals surface area contributed by atoms with Crippen LogP contribution in [0.1, 0.15) is 65.2 Å². The van der Waals surface area contributed by atoms with Crippen LogP contribution in [0.4, 0.5) is 0 Å². The molecule has 0 aromatic rings. The Hall–Kier alpha value is 0.843. The Morgan fingerprint density at radius 1 is 0.714 bits per heavy atom. The second-order valence-corrected chi connectivity index (χ2v) is 6.70. The Kier molecular flexibility index (Phi) is 29.4. The second-order valence-electron chi connectivity index (χ2n) is 4.55. The van der Waals surface area contributed by atoms with Crippen LogP contribution in [-0.2, 0) is 44.7 Å². The standard InChI is InChI=1S/2C7H15NS2.Zn/c2*1-2-3-4-5-6-8-7(9)10;/h2*2-6H2,1H3,(H2,8,9,10);/q;;+2/p-2. The van der Waals surface area contributed by atoms with Gasteiger partial charge in [0, 0.05) is 13.1 Å². The molecule has 0 radical (unpaired) electrons. The Labute approximate surface area is 166 Å². The molecular weight excluding hydrogens is 390 g/mol. The summed E-state index contributed by atoms with van der Waals surface area (Å²) in [6, 6.07) is 0. The van der Waals surface area contributed by atoms with Crippen molar-refractivity contribution in [2.75, 3.05) is 13.1 Å². The maximum Gasteiger partial charge on any atom is 2.00 e. The van der Waals surface area contributed by atoms with E-state index in [1.807, 2.05) is 0 Å². The fourth-order valence-electron chi connectivity index (χ4n) is 1.48. The summed E-state index contributed by atoms with van der Waals surface area (Å²) >= 11 is 18.7. The van der Waals surface area contributed by atoms with Gasteiger partial charge in [-0.2, -0.15) is 0 Å². The average Bonchev–Trinajstić information content (AvgIpc) is 2.38. The minimum atomic E-state index is 0. The molecule has 0 heterocycles. The molecule has 0 aliphatic heterocycles. The van der Waals surface area contributed by atoms with E-state index in [0.29, 0.717) is 8.64 Å². The normalized spacial score (nSPS) is 8.86. The van der Waals surface area contributed by atoms with Crippen LogP contribution in [0.2, 0.25) is 0 Å². The molecule has 2 nitrogen and oxygen atoms in total. The van der Waals surface area contributed by atoms with Crippen LogP contribution in [0.25, 0.3) is 0 Å². The molecule has 0 aromatic heterocycles. The van der Waals surface area contributed by atoms with Crippen LogP contribution in [-0.4, -0.2) is 21.7 Å². The van der Waals surface area contributed by atoms with Gasteiger partial charge in [0.25, 0.3) is 0 Å². The summed E-state index contributed by atoms with van der Waals surface area (Å²) in [6.45, 7) is 6.29. The van der Waals surface area contributed by atoms with Crippen LogP contribution in [0.15, 0.2) is 0 Å². The first-order valence-electron chi connectivity index (χ1n) is 7.44. The zero-order valence-electron chi connectivity index (χ0n) is 13.4. The van der Waals surface area contributed by atoms with Crippen molar-refractivity contribution in [1.29, 1.82) is 0 Å². The van der Waals surface area contributed by atoms with Crippen LogP contribution in [0.5, 0.6) is 0 Å². The van der Waals surface area contributed by atoms with Gasteiger partial charge >= 0.3 is 19.5 Å². The predicted molar refractivity (Wildman–Crippen MR) is 104 cm³/mol. The fourth-order valence-corrected chi connectivity index (χ4v) is 1.89. The summed E-state index contributed by atoms with van der Waals surface area (Å²) in [5.74, 6) is 0. The Morgan fingerprint density at radius 2 is 1.05 bits per heavy atom. The Balaban J connectivity index is -0.000000295. The van der Waals surface area contributed by atoms with Crippen molar-refractivity contribution in [2.24, 2.45) is 0 Å². The molecule has 0 fully saturated rings. The third-order valence-electron chi connectivity index (χ3n) is 2.60. The smallest absolute Gasteiger partial charge is 0.412 e. The monoisotopic (exact) mass is 416 g/mol. The van der Waals surface area contributed by atoms with Crippen LogP contribution >= 0.6 is 24.4 Å². The molecule has 0 saturated carbocycles. The molecule has 0 aliphatic rings. The zero-order chi connectivity index (χ0) is 15.6. The molecule has 0 rings (SSSR count). The van der Waals surface area contributed by atoms with E-state index < -0.39 is 0 Å². The van der Waals surface area contributed by atoms with E-state index in [0.717, 1.165) is 13.1 Å². The van der Waals surface area contributed by atoms with E-state index in [1.165, 1.54) is 51.4 Å². The molecule has 7 heteroatoms. The molecule has 0 atom stereocenters. The number of rotatable bonds is 10. The van der Waals surface area contributed by atoms with Gasteiger partial charge in [0.2, 0.25) is 0 Å². The van der Waals surface area contributed by atoms with E-state index in [2.05, 4.69) is 74.2 Å². The third kappa shape index (κ3) is 33.6. The molecular formula is C14H28N2S4Zn. The minimum absolute atomic E-state index is 0. The van der Waals surface area contributed by atoms with Gasteiger partial charge in [-0.1, -0.05) is 61.0 Å². The largest absolute Gasteiger partial charge is 2.00 e. The topological polar surface area (TPSA) is 24.1 Å². The molecule has 120 valence electrons. The maximum atomic E-state index is 4.68. The first-order chi connectivity index (χ1) is 9.54. The average molecular weight is 418 g/mol. The molecule has 0 amide bonds. The van der Waals surface area contributed by atoms with Gasteiger partial charge in [-0.25, -0.2) is 0 Å². The minimum Gasteiger partial charge on any atom is -0.412 e. The number of unbranched alkanes of at least 4 members (excludes halogenated alkanes) is 6. The van der Waals surface area contributed by atoms with Gasteiger partial charge in [0.15, 0.2) is 0 Å². The van der Waals surface area contributed by atoms with Gasteiger partial charge in [0.05, 0.1) is 0 Å². The molecule has 0 saturated heterocycles. The van der Waals surface area contributed by atoms with E-state index in [1.54, 1.807) is 0 Å². The summed E-state index contributed by atoms with van der Waals surface area (Å²) in [6.07, 6.45) is 10.1. The van der Waals surface area contributed by atoms with Crippen molar-refractivity contribution in [1.82, 2.24) is 10.6 Å². The van der Waals surface area contributed by atoms with Gasteiger partial charge in [-0.15, -0.1) is 0 Å². The second kappa shape index (κ2) is 23.1. The molecule has 0 unspecified atom stereocenters. The van der Waals surface area contributed by atoms with Crippen molar-refractivity contribution in [3.05, 3.63) is 0 Å². The van der Waals surface area contributed by atoms with Crippen LogP contribution in [0.3, 0.4) is 0 Å². The summed E-state index contributed by atoms with van der Waals surface area (Å²) in [7, 11) is 0. The molecule has 21 heavy (non-hydrogen) atoms. The number of thiocarbonyl (C=S) groups is 2. The van der Waals surface area contributed by atoms with Crippen molar-refractivity contribution < 1.29 is 19.5 Å². The van der Waals surface area contributed by atoms with Gasteiger partial charge in [-0.05, 0) is 12.8 Å². The molecule has 0 bridgehead atoms. The summed E-state index contributed by atoms with van der Waals surface area (Å²) in [5, 5.41) is 5.90. The summed E-state index contributed by atoms with van der Waals surface area (Å²) in [5.41, 5.74) is 0. The SMILES string of the molecule is CCCCCCNC(=S)[S-].CCCCCCNC(=S)[S-].[Zn+2]. The van der Waals surface area contributed by atoms with Crippen molar-refractivity contribution in [3.8, 4) is 0 Å². The van der Waals surface area contributed by atoms with Crippen LogP contribution in [0, 0.1) is 0 Å². The van der Waals surface area contributed by atoms with Gasteiger partial charge in [0.1, 0.15) is 0 Å². The number of hydrogen-bond donors (Lipinski definition) is 2. The third-order valence-corrected chi connectivity index (χ3v) is 3.18. The molecule has 2 N–H and O–H groups in total. The molecule has 0 aliphatic carbocycles. The molecule has 0 aromatic carbocycles. The Bertz CT molecular complexity index is 217. The quantitative estimate of drug-likeness (QED) is 0.241. The van der Waals surface area contributed by atoms with Crippen molar-refractivity contribution in [3.63, 3.8) is 0 Å². The van der Waals surface area contributed by atoms with E-state index in [4.69, 9.17) is 0 Å². The Morgan fingerprint density at radius 3 is 1.29 bits per heavy atom. The maximum absolute atomic E-state index is 4.68. The van der Waals surface area contributed by atoms with E-state index in [9.17, 15) is 0 Å². The first-order valence-corrected chi connectivity index (χ1v) is 9.07. The molecule has 0 spiro atoms.